The Kier molecular flexibility index (Phi) is 4.62. The van der Waals surface area contributed by atoms with Crippen molar-refractivity contribution in [1.82, 2.24) is 9.97 Å². The average molecular weight is 333 g/mol. The zero-order chi connectivity index (χ0) is 17.3. The van der Waals surface area contributed by atoms with Crippen molar-refractivity contribution in [2.75, 3.05) is 10.6 Å². The maximum absolute atomic E-state index is 11.7. The molecule has 7 heteroatoms. The molecule has 5 N–H and O–H groups in total. The van der Waals surface area contributed by atoms with E-state index in [1.807, 2.05) is 0 Å². The summed E-state index contributed by atoms with van der Waals surface area (Å²) in [6.07, 6.45) is 7.04. The van der Waals surface area contributed by atoms with Gasteiger partial charge in [-0.2, -0.15) is 4.98 Å². The summed E-state index contributed by atoms with van der Waals surface area (Å²) in [5.41, 5.74) is 5.77. The third kappa shape index (κ3) is 3.61. The van der Waals surface area contributed by atoms with Crippen molar-refractivity contribution in [3.8, 4) is 0 Å². The van der Waals surface area contributed by atoms with E-state index >= 15 is 0 Å². The third-order valence-corrected chi connectivity index (χ3v) is 5.42. The number of aromatic nitrogens is 2. The minimum absolute atomic E-state index is 0.0297. The topological polar surface area (TPSA) is 113 Å². The third-order valence-electron chi connectivity index (χ3n) is 5.42. The maximum Gasteiger partial charge on any atom is 0.254 e. The minimum Gasteiger partial charge on any atom is -0.393 e. The fraction of sp³-hybridized carbons (Fsp3) is 0.706. The number of carbonyl (C=O) groups is 1. The van der Waals surface area contributed by atoms with Crippen molar-refractivity contribution >= 4 is 17.7 Å². The average Bonchev–Trinajstić information content (AvgIpc) is 2.49. The molecular formula is C17H27N5O2. The molecule has 1 heterocycles. The van der Waals surface area contributed by atoms with Crippen molar-refractivity contribution in [2.45, 2.75) is 70.1 Å². The number of amides is 1. The van der Waals surface area contributed by atoms with Crippen LogP contribution in [0.4, 0.5) is 11.8 Å². The van der Waals surface area contributed by atoms with Gasteiger partial charge < -0.3 is 21.5 Å². The van der Waals surface area contributed by atoms with Crippen LogP contribution in [0.2, 0.25) is 0 Å². The summed E-state index contributed by atoms with van der Waals surface area (Å²) in [5.74, 6) is 0.715. The number of hydrogen-bond acceptors (Lipinski definition) is 6. The molecule has 2 aliphatic rings. The van der Waals surface area contributed by atoms with E-state index in [0.29, 0.717) is 24.1 Å². The molecule has 3 atom stereocenters. The summed E-state index contributed by atoms with van der Waals surface area (Å²) in [6, 6.07) is 0.0799. The lowest BCUT2D eigenvalue weighted by Gasteiger charge is -2.39. The Morgan fingerprint density at radius 3 is 2.75 bits per heavy atom. The molecule has 2 saturated carbocycles. The molecule has 0 radical (unpaired) electrons. The number of nitrogens with zero attached hydrogens (tertiary/aromatic N) is 2. The number of carbonyl (C=O) groups excluding carboxylic acids is 1. The molecule has 1 aromatic rings. The number of rotatable bonds is 5. The number of aliphatic hydroxyl groups is 1. The first-order chi connectivity index (χ1) is 11.4. The minimum atomic E-state index is -0.552. The Morgan fingerprint density at radius 2 is 2.17 bits per heavy atom. The van der Waals surface area contributed by atoms with Crippen LogP contribution in [0.3, 0.4) is 0 Å². The SMILES string of the molecule is C[C@@H]1CC[C@@H](Nc2nc(NC3(C)CCC3)ncc2C(N)=O)C[C@H]1O. The van der Waals surface area contributed by atoms with Crippen LogP contribution in [0, 0.1) is 5.92 Å². The predicted molar refractivity (Wildman–Crippen MR) is 92.9 cm³/mol. The van der Waals surface area contributed by atoms with E-state index in [1.54, 1.807) is 0 Å². The van der Waals surface area contributed by atoms with Gasteiger partial charge in [0.1, 0.15) is 5.82 Å². The molecule has 0 aliphatic heterocycles. The lowest BCUT2D eigenvalue weighted by molar-refractivity contribution is 0.0739. The second kappa shape index (κ2) is 6.55. The van der Waals surface area contributed by atoms with Crippen LogP contribution in [-0.2, 0) is 0 Å². The van der Waals surface area contributed by atoms with Crippen molar-refractivity contribution in [3.63, 3.8) is 0 Å². The van der Waals surface area contributed by atoms with Crippen molar-refractivity contribution in [2.24, 2.45) is 11.7 Å². The van der Waals surface area contributed by atoms with Crippen LogP contribution in [0.25, 0.3) is 0 Å². The molecule has 24 heavy (non-hydrogen) atoms. The number of anilines is 2. The highest BCUT2D eigenvalue weighted by molar-refractivity contribution is 5.97. The number of primary amides is 1. The van der Waals surface area contributed by atoms with Gasteiger partial charge >= 0.3 is 0 Å². The Bertz CT molecular complexity index is 617. The van der Waals surface area contributed by atoms with Gasteiger partial charge in [0.25, 0.3) is 5.91 Å². The highest BCUT2D eigenvalue weighted by atomic mass is 16.3. The summed E-state index contributed by atoms with van der Waals surface area (Å²) in [7, 11) is 0. The lowest BCUT2D eigenvalue weighted by atomic mass is 9.79. The molecule has 0 unspecified atom stereocenters. The smallest absolute Gasteiger partial charge is 0.254 e. The largest absolute Gasteiger partial charge is 0.393 e. The quantitative estimate of drug-likeness (QED) is 0.654. The molecule has 3 rings (SSSR count). The van der Waals surface area contributed by atoms with Crippen LogP contribution < -0.4 is 16.4 Å². The molecule has 0 saturated heterocycles. The number of nitrogens with two attached hydrogens (primary N) is 1. The zero-order valence-corrected chi connectivity index (χ0v) is 14.4. The normalized spacial score (nSPS) is 28.7. The summed E-state index contributed by atoms with van der Waals surface area (Å²) in [5, 5.41) is 16.7. The van der Waals surface area contributed by atoms with E-state index < -0.39 is 5.91 Å². The summed E-state index contributed by atoms with van der Waals surface area (Å²) in [4.78, 5) is 20.4. The van der Waals surface area contributed by atoms with Gasteiger partial charge in [-0.1, -0.05) is 6.92 Å². The molecule has 132 valence electrons. The Balaban J connectivity index is 1.77. The van der Waals surface area contributed by atoms with Gasteiger partial charge in [0.05, 0.1) is 11.7 Å². The van der Waals surface area contributed by atoms with Crippen LogP contribution in [0.15, 0.2) is 6.20 Å². The van der Waals surface area contributed by atoms with Crippen LogP contribution in [0.5, 0.6) is 0 Å². The van der Waals surface area contributed by atoms with E-state index in [-0.39, 0.29) is 23.2 Å². The highest BCUT2D eigenvalue weighted by Gasteiger charge is 2.33. The van der Waals surface area contributed by atoms with Crippen LogP contribution in [0.1, 0.15) is 62.7 Å². The summed E-state index contributed by atoms with van der Waals surface area (Å²) < 4.78 is 0. The first kappa shape index (κ1) is 17.0. The summed E-state index contributed by atoms with van der Waals surface area (Å²) >= 11 is 0. The molecule has 7 nitrogen and oxygen atoms in total. The van der Waals surface area contributed by atoms with Crippen molar-refractivity contribution in [3.05, 3.63) is 11.8 Å². The van der Waals surface area contributed by atoms with E-state index in [2.05, 4.69) is 34.4 Å². The predicted octanol–water partition coefficient (Wildman–Crippen LogP) is 1.89. The van der Waals surface area contributed by atoms with E-state index in [0.717, 1.165) is 25.7 Å². The monoisotopic (exact) mass is 333 g/mol. The Morgan fingerprint density at radius 1 is 1.42 bits per heavy atom. The molecule has 1 aromatic heterocycles. The molecule has 0 spiro atoms. The molecule has 0 aromatic carbocycles. The number of nitrogens with one attached hydrogen (secondary N) is 2. The van der Waals surface area contributed by atoms with Gasteiger partial charge in [0, 0.05) is 17.8 Å². The standard InChI is InChI=1S/C17H27N5O2/c1-10-4-5-11(8-13(10)23)20-15-12(14(18)24)9-19-16(21-15)22-17(2)6-3-7-17/h9-11,13,23H,3-8H2,1-2H3,(H2,18,24)(H2,19,20,21,22)/t10-,11-,13-/m1/s1. The fourth-order valence-electron chi connectivity index (χ4n) is 3.46. The van der Waals surface area contributed by atoms with Gasteiger partial charge in [-0.25, -0.2) is 4.98 Å². The van der Waals surface area contributed by atoms with Gasteiger partial charge in [-0.3, -0.25) is 4.79 Å². The highest BCUT2D eigenvalue weighted by Crippen LogP contribution is 2.34. The molecule has 2 fully saturated rings. The Labute approximate surface area is 142 Å². The molecule has 1 amide bonds. The Hall–Kier alpha value is -1.89. The van der Waals surface area contributed by atoms with Gasteiger partial charge in [0.15, 0.2) is 0 Å². The van der Waals surface area contributed by atoms with Gasteiger partial charge in [-0.05, 0) is 51.4 Å². The van der Waals surface area contributed by atoms with Gasteiger partial charge in [-0.15, -0.1) is 0 Å². The number of aliphatic hydroxyl groups excluding tert-OH is 1. The van der Waals surface area contributed by atoms with E-state index in [4.69, 9.17) is 5.73 Å². The molecule has 2 aliphatic carbocycles. The van der Waals surface area contributed by atoms with Crippen LogP contribution in [-0.4, -0.2) is 38.7 Å². The van der Waals surface area contributed by atoms with Gasteiger partial charge in [0.2, 0.25) is 5.95 Å². The van der Waals surface area contributed by atoms with E-state index in [9.17, 15) is 9.90 Å². The second-order valence-electron chi connectivity index (χ2n) is 7.56. The second-order valence-corrected chi connectivity index (χ2v) is 7.56. The maximum atomic E-state index is 11.7. The van der Waals surface area contributed by atoms with Crippen molar-refractivity contribution in [1.29, 1.82) is 0 Å². The lowest BCUT2D eigenvalue weighted by Crippen LogP contribution is -2.42. The van der Waals surface area contributed by atoms with E-state index in [1.165, 1.54) is 12.6 Å². The zero-order valence-electron chi connectivity index (χ0n) is 14.4. The molecular weight excluding hydrogens is 306 g/mol. The van der Waals surface area contributed by atoms with Crippen LogP contribution >= 0.6 is 0 Å². The fourth-order valence-corrected chi connectivity index (χ4v) is 3.46. The van der Waals surface area contributed by atoms with Crippen molar-refractivity contribution < 1.29 is 9.90 Å². The molecule has 0 bridgehead atoms. The first-order valence-electron chi connectivity index (χ1n) is 8.76. The summed E-state index contributed by atoms with van der Waals surface area (Å²) in [6.45, 7) is 4.20. The number of hydrogen-bond donors (Lipinski definition) is 4. The first-order valence-corrected chi connectivity index (χ1v) is 8.76.